The van der Waals surface area contributed by atoms with Crippen LogP contribution in [-0.2, 0) is 6.54 Å². The third-order valence-electron chi connectivity index (χ3n) is 5.26. The molecule has 0 radical (unpaired) electrons. The second-order valence-electron chi connectivity index (χ2n) is 7.54. The van der Waals surface area contributed by atoms with Gasteiger partial charge in [-0.1, -0.05) is 71.7 Å². The molecule has 0 unspecified atom stereocenters. The summed E-state index contributed by atoms with van der Waals surface area (Å²) in [7, 11) is 0. The molecule has 3 aromatic carbocycles. The predicted molar refractivity (Wildman–Crippen MR) is 137 cm³/mol. The molecule has 34 heavy (non-hydrogen) atoms. The van der Waals surface area contributed by atoms with Crippen molar-refractivity contribution in [3.63, 3.8) is 0 Å². The Bertz CT molecular complexity index is 1560. The van der Waals surface area contributed by atoms with Crippen molar-refractivity contribution in [2.24, 2.45) is 5.10 Å². The fourth-order valence-electron chi connectivity index (χ4n) is 3.57. The Balaban J connectivity index is 1.60. The van der Waals surface area contributed by atoms with Gasteiger partial charge in [0.2, 0.25) is 0 Å². The van der Waals surface area contributed by atoms with Gasteiger partial charge in [0.05, 0.1) is 27.3 Å². The van der Waals surface area contributed by atoms with E-state index < -0.39 is 0 Å². The van der Waals surface area contributed by atoms with Gasteiger partial charge >= 0.3 is 0 Å². The fourth-order valence-corrected chi connectivity index (χ4v) is 3.88. The number of nitrogen functional groups attached to an aromatic ring is 1. The number of hydrogen-bond donors (Lipinski definition) is 2. The molecule has 0 aliphatic carbocycles. The molecule has 0 aliphatic rings. The van der Waals surface area contributed by atoms with Crippen LogP contribution in [0.5, 0.6) is 0 Å². The number of hydrogen-bond acceptors (Lipinski definition) is 5. The second-order valence-corrected chi connectivity index (χ2v) is 8.36. The summed E-state index contributed by atoms with van der Waals surface area (Å²) >= 11 is 12.1. The summed E-state index contributed by atoms with van der Waals surface area (Å²) in [5.41, 5.74) is 10.4. The van der Waals surface area contributed by atoms with Gasteiger partial charge in [0, 0.05) is 6.54 Å². The number of amides is 1. The lowest BCUT2D eigenvalue weighted by Crippen LogP contribution is -2.23. The van der Waals surface area contributed by atoms with Crippen LogP contribution in [0.15, 0.2) is 77.9 Å². The number of halogens is 2. The fraction of sp³-hybridized carbons (Fsp3) is 0.0400. The van der Waals surface area contributed by atoms with Gasteiger partial charge in [-0.3, -0.25) is 4.79 Å². The van der Waals surface area contributed by atoms with E-state index in [1.807, 2.05) is 54.6 Å². The van der Waals surface area contributed by atoms with Gasteiger partial charge in [-0.15, -0.1) is 0 Å². The summed E-state index contributed by atoms with van der Waals surface area (Å²) in [6, 6.07) is 22.1. The van der Waals surface area contributed by atoms with Crippen molar-refractivity contribution < 1.29 is 4.79 Å². The van der Waals surface area contributed by atoms with Crippen LogP contribution in [0.4, 0.5) is 5.82 Å². The monoisotopic (exact) mass is 488 g/mol. The van der Waals surface area contributed by atoms with E-state index >= 15 is 0 Å². The van der Waals surface area contributed by atoms with E-state index in [1.54, 1.807) is 24.4 Å². The lowest BCUT2D eigenvalue weighted by atomic mass is 10.2. The Morgan fingerprint density at radius 3 is 2.41 bits per heavy atom. The van der Waals surface area contributed by atoms with Crippen molar-refractivity contribution in [3.05, 3.63) is 99.5 Å². The summed E-state index contributed by atoms with van der Waals surface area (Å²) in [5.74, 6) is -0.230. The Morgan fingerprint density at radius 2 is 1.68 bits per heavy atom. The summed E-state index contributed by atoms with van der Waals surface area (Å²) < 4.78 is 1.41. The molecule has 3 N–H and O–H groups in total. The van der Waals surface area contributed by atoms with Crippen LogP contribution in [0, 0.1) is 0 Å². The minimum atomic E-state index is -0.362. The third kappa shape index (κ3) is 4.19. The molecule has 0 saturated carbocycles. The van der Waals surface area contributed by atoms with Crippen molar-refractivity contribution in [2.75, 3.05) is 5.73 Å². The van der Waals surface area contributed by atoms with Gasteiger partial charge in [0.1, 0.15) is 16.9 Å². The van der Waals surface area contributed by atoms with E-state index in [0.29, 0.717) is 44.4 Å². The number of nitrogens with one attached hydrogen (secondary N) is 1. The molecule has 5 aromatic rings. The molecule has 168 valence electrons. The van der Waals surface area contributed by atoms with E-state index in [-0.39, 0.29) is 17.3 Å². The summed E-state index contributed by atoms with van der Waals surface area (Å²) in [4.78, 5) is 22.6. The third-order valence-corrected chi connectivity index (χ3v) is 6.00. The minimum Gasteiger partial charge on any atom is -0.383 e. The first-order valence-electron chi connectivity index (χ1n) is 10.4. The Kier molecular flexibility index (Phi) is 5.88. The molecule has 0 fully saturated rings. The number of carbonyl (C=O) groups excluding carboxylic acids is 1. The number of anilines is 1. The maximum absolute atomic E-state index is 13.2. The van der Waals surface area contributed by atoms with Crippen molar-refractivity contribution in [2.45, 2.75) is 6.54 Å². The topological polar surface area (TPSA) is 98.2 Å². The number of nitrogens with two attached hydrogens (primary N) is 1. The Labute approximate surface area is 204 Å². The van der Waals surface area contributed by atoms with Crippen LogP contribution < -0.4 is 11.1 Å². The van der Waals surface area contributed by atoms with Crippen molar-refractivity contribution >= 4 is 63.3 Å². The Morgan fingerprint density at radius 1 is 0.971 bits per heavy atom. The maximum Gasteiger partial charge on any atom is 0.257 e. The van der Waals surface area contributed by atoms with Crippen LogP contribution in [0.2, 0.25) is 10.0 Å². The molecule has 1 amide bonds. The molecule has 0 aliphatic heterocycles. The maximum atomic E-state index is 13.2. The first-order chi connectivity index (χ1) is 16.5. The zero-order valence-electron chi connectivity index (χ0n) is 17.7. The normalized spacial score (nSPS) is 11.5. The summed E-state index contributed by atoms with van der Waals surface area (Å²) in [5, 5.41) is 8.25. The van der Waals surface area contributed by atoms with E-state index in [9.17, 15) is 4.79 Å². The van der Waals surface area contributed by atoms with E-state index in [1.165, 1.54) is 4.68 Å². The molecule has 2 aromatic heterocycles. The first-order valence-corrected chi connectivity index (χ1v) is 11.1. The highest BCUT2D eigenvalue weighted by Gasteiger charge is 2.24. The molecule has 2 heterocycles. The first kappa shape index (κ1) is 21.9. The van der Waals surface area contributed by atoms with Gasteiger partial charge in [0.25, 0.3) is 5.91 Å². The Hall–Kier alpha value is -3.94. The predicted octanol–water partition coefficient (Wildman–Crippen LogP) is 5.29. The van der Waals surface area contributed by atoms with Crippen LogP contribution in [0.25, 0.3) is 22.2 Å². The lowest BCUT2D eigenvalue weighted by Gasteiger charge is -2.05. The largest absolute Gasteiger partial charge is 0.383 e. The van der Waals surface area contributed by atoms with Crippen molar-refractivity contribution in [1.82, 2.24) is 20.0 Å². The molecule has 0 spiro atoms. The number of rotatable bonds is 5. The van der Waals surface area contributed by atoms with Crippen LogP contribution in [-0.4, -0.2) is 26.8 Å². The van der Waals surface area contributed by atoms with E-state index in [4.69, 9.17) is 28.9 Å². The van der Waals surface area contributed by atoms with Gasteiger partial charge < -0.3 is 11.1 Å². The number of para-hydroxylation sites is 2. The van der Waals surface area contributed by atoms with E-state index in [2.05, 4.69) is 20.4 Å². The van der Waals surface area contributed by atoms with Crippen LogP contribution >= 0.6 is 23.2 Å². The number of aromatic nitrogens is 3. The highest BCUT2D eigenvalue weighted by atomic mass is 35.5. The molecule has 0 saturated heterocycles. The van der Waals surface area contributed by atoms with E-state index in [0.717, 1.165) is 5.56 Å². The van der Waals surface area contributed by atoms with Gasteiger partial charge in [0.15, 0.2) is 5.65 Å². The standard InChI is InChI=1S/C25H18Cl2N6O/c26-17-11-10-16(12-18(17)27)14-30-33-23(28)21(25(34)29-13-15-6-2-1-3-7-15)22-24(33)32-20-9-5-4-8-19(20)31-22/h1-12,14H,13,28H2,(H,29,34)/b30-14+. The van der Waals surface area contributed by atoms with Gasteiger partial charge in [-0.25, -0.2) is 9.97 Å². The average molecular weight is 489 g/mol. The SMILES string of the molecule is Nc1c(C(=O)NCc2ccccc2)c2nc3ccccc3nc2n1/N=C/c1ccc(Cl)c(Cl)c1. The summed E-state index contributed by atoms with van der Waals surface area (Å²) in [6.07, 6.45) is 1.57. The molecule has 0 bridgehead atoms. The molecule has 7 nitrogen and oxygen atoms in total. The summed E-state index contributed by atoms with van der Waals surface area (Å²) in [6.45, 7) is 0.347. The average Bonchev–Trinajstić information content (AvgIpc) is 3.12. The van der Waals surface area contributed by atoms with Crippen LogP contribution in [0.3, 0.4) is 0 Å². The highest BCUT2D eigenvalue weighted by Crippen LogP contribution is 2.28. The van der Waals surface area contributed by atoms with Crippen molar-refractivity contribution in [1.29, 1.82) is 0 Å². The second kappa shape index (κ2) is 9.13. The van der Waals surface area contributed by atoms with Crippen molar-refractivity contribution in [3.8, 4) is 0 Å². The number of nitrogens with zero attached hydrogens (tertiary/aromatic N) is 4. The minimum absolute atomic E-state index is 0.132. The zero-order chi connectivity index (χ0) is 23.7. The molecule has 9 heteroatoms. The molecule has 5 rings (SSSR count). The highest BCUT2D eigenvalue weighted by molar-refractivity contribution is 6.42. The number of carbonyl (C=O) groups is 1. The van der Waals surface area contributed by atoms with Crippen LogP contribution in [0.1, 0.15) is 21.5 Å². The smallest absolute Gasteiger partial charge is 0.257 e. The van der Waals surface area contributed by atoms with Gasteiger partial charge in [-0.05, 0) is 35.4 Å². The molecular weight excluding hydrogens is 471 g/mol. The van der Waals surface area contributed by atoms with Gasteiger partial charge in [-0.2, -0.15) is 9.78 Å². The number of benzene rings is 3. The zero-order valence-corrected chi connectivity index (χ0v) is 19.3. The molecular formula is C25H18Cl2N6O. The lowest BCUT2D eigenvalue weighted by molar-refractivity contribution is 0.0953. The number of fused-ring (bicyclic) bond motifs is 2. The quantitative estimate of drug-likeness (QED) is 0.328. The molecule has 0 atom stereocenters.